The van der Waals surface area contributed by atoms with Crippen LogP contribution in [0.25, 0.3) is 0 Å². The lowest BCUT2D eigenvalue weighted by Gasteiger charge is -2.41. The Labute approximate surface area is 172 Å². The van der Waals surface area contributed by atoms with Gasteiger partial charge in [-0.2, -0.15) is 0 Å². The van der Waals surface area contributed by atoms with Gasteiger partial charge in [0.1, 0.15) is 11.7 Å². The summed E-state index contributed by atoms with van der Waals surface area (Å²) in [5.41, 5.74) is 0. The molecule has 3 saturated carbocycles. The summed E-state index contributed by atoms with van der Waals surface area (Å²) in [6, 6.07) is 0. The van der Waals surface area contributed by atoms with E-state index in [2.05, 4.69) is 6.92 Å². The predicted octanol–water partition coefficient (Wildman–Crippen LogP) is 6.34. The van der Waals surface area contributed by atoms with E-state index >= 15 is 0 Å². The number of ether oxygens (including phenoxy) is 1. The number of hydrogen-bond donors (Lipinski definition) is 0. The summed E-state index contributed by atoms with van der Waals surface area (Å²) in [4.78, 5) is 24.6. The molecule has 0 aromatic carbocycles. The largest absolute Gasteiger partial charge is 0.465 e. The van der Waals surface area contributed by atoms with Gasteiger partial charge in [0.05, 0.1) is 6.61 Å². The summed E-state index contributed by atoms with van der Waals surface area (Å²) in [7, 11) is 0. The van der Waals surface area contributed by atoms with Crippen molar-refractivity contribution in [2.75, 3.05) is 6.61 Å². The van der Waals surface area contributed by atoms with Crippen LogP contribution in [-0.2, 0) is 14.3 Å². The van der Waals surface area contributed by atoms with E-state index in [0.29, 0.717) is 31.3 Å². The van der Waals surface area contributed by atoms with Crippen LogP contribution in [0, 0.1) is 35.5 Å². The number of ketones is 1. The molecule has 0 saturated heterocycles. The van der Waals surface area contributed by atoms with Crippen LogP contribution in [0.4, 0.5) is 0 Å². The topological polar surface area (TPSA) is 43.4 Å². The highest BCUT2D eigenvalue weighted by Crippen LogP contribution is 2.45. The van der Waals surface area contributed by atoms with E-state index < -0.39 is 5.92 Å². The number of rotatable bonds is 7. The maximum Gasteiger partial charge on any atom is 0.316 e. The fraction of sp³-hybridized carbons (Fsp3) is 0.920. The molecule has 160 valence electrons. The van der Waals surface area contributed by atoms with E-state index in [4.69, 9.17) is 4.74 Å². The molecule has 3 fully saturated rings. The Kier molecular flexibility index (Phi) is 8.41. The molecule has 3 heteroatoms. The van der Waals surface area contributed by atoms with Crippen molar-refractivity contribution in [3.63, 3.8) is 0 Å². The molecule has 3 aliphatic carbocycles. The second-order valence-corrected chi connectivity index (χ2v) is 9.97. The second-order valence-electron chi connectivity index (χ2n) is 9.97. The SMILES string of the molecule is CCCOC(=O)C1CCC([C@H]2CC[C@H]([C@H]3CC[C@H](CCC)CC3)CC2)CC1=O. The molecule has 2 unspecified atom stereocenters. The number of esters is 1. The first-order valence-electron chi connectivity index (χ1n) is 12.3. The van der Waals surface area contributed by atoms with E-state index in [9.17, 15) is 9.59 Å². The van der Waals surface area contributed by atoms with Crippen molar-refractivity contribution in [2.45, 2.75) is 104 Å². The van der Waals surface area contributed by atoms with Gasteiger partial charge in [-0.1, -0.05) is 39.5 Å². The van der Waals surface area contributed by atoms with Gasteiger partial charge in [0.2, 0.25) is 0 Å². The average molecular weight is 391 g/mol. The lowest BCUT2D eigenvalue weighted by Crippen LogP contribution is -2.36. The van der Waals surface area contributed by atoms with Gasteiger partial charge in [-0.3, -0.25) is 9.59 Å². The zero-order valence-corrected chi connectivity index (χ0v) is 18.3. The van der Waals surface area contributed by atoms with E-state index in [-0.39, 0.29) is 11.8 Å². The van der Waals surface area contributed by atoms with Gasteiger partial charge < -0.3 is 4.74 Å². The third-order valence-corrected chi connectivity index (χ3v) is 8.15. The number of Topliss-reactive ketones (excluding diaryl/α,β-unsaturated/α-hetero) is 1. The van der Waals surface area contributed by atoms with E-state index in [1.165, 1.54) is 64.2 Å². The third-order valence-electron chi connectivity index (χ3n) is 8.15. The molecule has 0 aromatic heterocycles. The lowest BCUT2D eigenvalue weighted by molar-refractivity contribution is -0.154. The van der Waals surface area contributed by atoms with E-state index in [1.807, 2.05) is 6.92 Å². The van der Waals surface area contributed by atoms with Crippen LogP contribution in [0.3, 0.4) is 0 Å². The Hall–Kier alpha value is -0.860. The normalized spacial score (nSPS) is 36.9. The van der Waals surface area contributed by atoms with Gasteiger partial charge >= 0.3 is 5.97 Å². The van der Waals surface area contributed by atoms with Crippen LogP contribution in [0.1, 0.15) is 104 Å². The molecule has 0 bridgehead atoms. The first kappa shape index (κ1) is 21.8. The molecule has 3 aliphatic rings. The monoisotopic (exact) mass is 390 g/mol. The molecule has 0 aliphatic heterocycles. The molecular weight excluding hydrogens is 348 g/mol. The number of carbonyl (C=O) groups is 2. The molecule has 0 amide bonds. The molecule has 0 radical (unpaired) electrons. The molecule has 0 spiro atoms. The Morgan fingerprint density at radius 3 is 1.86 bits per heavy atom. The summed E-state index contributed by atoms with van der Waals surface area (Å²) in [6.45, 7) is 4.75. The molecule has 2 atom stereocenters. The Balaban J connectivity index is 1.40. The zero-order valence-electron chi connectivity index (χ0n) is 18.3. The first-order chi connectivity index (χ1) is 13.6. The molecule has 0 aromatic rings. The number of hydrogen-bond acceptors (Lipinski definition) is 3. The maximum atomic E-state index is 12.5. The van der Waals surface area contributed by atoms with E-state index in [0.717, 1.165) is 30.6 Å². The minimum atomic E-state index is -0.475. The van der Waals surface area contributed by atoms with Crippen molar-refractivity contribution in [1.82, 2.24) is 0 Å². The fourth-order valence-electron chi connectivity index (χ4n) is 6.44. The van der Waals surface area contributed by atoms with E-state index in [1.54, 1.807) is 0 Å². The van der Waals surface area contributed by atoms with Crippen LogP contribution in [0.5, 0.6) is 0 Å². The zero-order chi connectivity index (χ0) is 19.9. The summed E-state index contributed by atoms with van der Waals surface area (Å²) in [6.07, 6.45) is 17.2. The van der Waals surface area contributed by atoms with Crippen molar-refractivity contribution >= 4 is 11.8 Å². The first-order valence-corrected chi connectivity index (χ1v) is 12.3. The van der Waals surface area contributed by atoms with Crippen molar-refractivity contribution in [1.29, 1.82) is 0 Å². The van der Waals surface area contributed by atoms with Crippen LogP contribution in [0.2, 0.25) is 0 Å². The Morgan fingerprint density at radius 1 is 0.786 bits per heavy atom. The quantitative estimate of drug-likeness (QED) is 0.376. The molecule has 28 heavy (non-hydrogen) atoms. The Morgan fingerprint density at radius 2 is 1.32 bits per heavy atom. The molecule has 3 nitrogen and oxygen atoms in total. The minimum Gasteiger partial charge on any atom is -0.465 e. The van der Waals surface area contributed by atoms with Crippen LogP contribution < -0.4 is 0 Å². The van der Waals surface area contributed by atoms with Crippen LogP contribution >= 0.6 is 0 Å². The fourth-order valence-corrected chi connectivity index (χ4v) is 6.44. The van der Waals surface area contributed by atoms with Crippen LogP contribution in [0.15, 0.2) is 0 Å². The van der Waals surface area contributed by atoms with Gasteiger partial charge in [0.25, 0.3) is 0 Å². The summed E-state index contributed by atoms with van der Waals surface area (Å²) in [5.74, 6) is 3.55. The standard InChI is InChI=1S/C25H42O3/c1-3-5-18-6-8-19(9-7-18)20-10-12-21(13-11-20)22-14-15-23(24(26)17-22)25(27)28-16-4-2/h18-23H,3-17H2,1-2H3/t18-,19-,20-,21-,22?,23?. The van der Waals surface area contributed by atoms with Gasteiger partial charge in [-0.25, -0.2) is 0 Å². The maximum absolute atomic E-state index is 12.5. The van der Waals surface area contributed by atoms with Gasteiger partial charge in [-0.05, 0) is 87.4 Å². The van der Waals surface area contributed by atoms with Crippen molar-refractivity contribution in [3.05, 3.63) is 0 Å². The summed E-state index contributed by atoms with van der Waals surface area (Å²) >= 11 is 0. The van der Waals surface area contributed by atoms with Crippen LogP contribution in [-0.4, -0.2) is 18.4 Å². The Bertz CT molecular complexity index is 498. The summed E-state index contributed by atoms with van der Waals surface area (Å²) < 4.78 is 5.23. The minimum absolute atomic E-state index is 0.147. The van der Waals surface area contributed by atoms with Gasteiger partial charge in [0, 0.05) is 6.42 Å². The van der Waals surface area contributed by atoms with Crippen molar-refractivity contribution in [2.24, 2.45) is 35.5 Å². The van der Waals surface area contributed by atoms with Crippen molar-refractivity contribution < 1.29 is 14.3 Å². The molecule has 3 rings (SSSR count). The van der Waals surface area contributed by atoms with Gasteiger partial charge in [-0.15, -0.1) is 0 Å². The third kappa shape index (κ3) is 5.60. The second kappa shape index (κ2) is 10.8. The highest BCUT2D eigenvalue weighted by molar-refractivity contribution is 5.99. The summed E-state index contributed by atoms with van der Waals surface area (Å²) in [5, 5.41) is 0. The number of carbonyl (C=O) groups excluding carboxylic acids is 2. The smallest absolute Gasteiger partial charge is 0.316 e. The predicted molar refractivity (Wildman–Crippen MR) is 113 cm³/mol. The average Bonchev–Trinajstić information content (AvgIpc) is 2.73. The highest BCUT2D eigenvalue weighted by Gasteiger charge is 2.39. The highest BCUT2D eigenvalue weighted by atomic mass is 16.5. The lowest BCUT2D eigenvalue weighted by atomic mass is 9.64. The molecule has 0 N–H and O–H groups in total. The van der Waals surface area contributed by atoms with Gasteiger partial charge in [0.15, 0.2) is 0 Å². The molecular formula is C25H42O3. The van der Waals surface area contributed by atoms with Crippen molar-refractivity contribution in [3.8, 4) is 0 Å². The molecule has 0 heterocycles.